The van der Waals surface area contributed by atoms with E-state index < -0.39 is 0 Å². The van der Waals surface area contributed by atoms with E-state index in [-0.39, 0.29) is 11.8 Å². The van der Waals surface area contributed by atoms with Gasteiger partial charge in [-0.05, 0) is 29.5 Å². The van der Waals surface area contributed by atoms with E-state index in [4.69, 9.17) is 4.99 Å². The van der Waals surface area contributed by atoms with E-state index in [0.29, 0.717) is 0 Å². The molecule has 0 saturated heterocycles. The van der Waals surface area contributed by atoms with Gasteiger partial charge in [-0.15, -0.1) is 11.3 Å². The van der Waals surface area contributed by atoms with E-state index in [2.05, 4.69) is 35.3 Å². The molecule has 0 bridgehead atoms. The summed E-state index contributed by atoms with van der Waals surface area (Å²) < 4.78 is 0. The standard InChI is InChI=1S/C18H14N4S/c1-11-5-2-3-6-12(11)16-13(9-19)17(15-7-4-8-23-15)21-18-14(16)10-20-22-18/h2-8,10,13,16H,1H3,(H,20,22). The van der Waals surface area contributed by atoms with Crippen molar-refractivity contribution in [1.82, 2.24) is 10.2 Å². The number of hydrogen-bond donors (Lipinski definition) is 1. The smallest absolute Gasteiger partial charge is 0.152 e. The Bertz CT molecular complexity index is 915. The molecule has 5 heteroatoms. The predicted octanol–water partition coefficient (Wildman–Crippen LogP) is 4.19. The molecule has 112 valence electrons. The van der Waals surface area contributed by atoms with Crippen LogP contribution in [-0.2, 0) is 0 Å². The molecule has 1 aliphatic rings. The number of fused-ring (bicyclic) bond motifs is 1. The molecule has 0 amide bonds. The van der Waals surface area contributed by atoms with Crippen molar-refractivity contribution in [1.29, 1.82) is 5.26 Å². The van der Waals surface area contributed by atoms with Gasteiger partial charge in [0.05, 0.1) is 18.0 Å². The number of aromatic amines is 1. The van der Waals surface area contributed by atoms with Gasteiger partial charge in [-0.2, -0.15) is 10.4 Å². The molecule has 2 atom stereocenters. The van der Waals surface area contributed by atoms with Crippen LogP contribution in [0.25, 0.3) is 0 Å². The van der Waals surface area contributed by atoms with Gasteiger partial charge in [0.15, 0.2) is 5.82 Å². The van der Waals surface area contributed by atoms with Crippen molar-refractivity contribution in [2.75, 3.05) is 0 Å². The second-order valence-corrected chi connectivity index (χ2v) is 6.54. The Morgan fingerprint density at radius 2 is 2.04 bits per heavy atom. The highest BCUT2D eigenvalue weighted by molar-refractivity contribution is 7.12. The highest BCUT2D eigenvalue weighted by Gasteiger charge is 2.37. The first-order valence-corrected chi connectivity index (χ1v) is 8.28. The van der Waals surface area contributed by atoms with Gasteiger partial charge in [0.1, 0.15) is 5.92 Å². The van der Waals surface area contributed by atoms with E-state index in [0.717, 1.165) is 27.5 Å². The molecule has 1 aromatic carbocycles. The largest absolute Gasteiger partial charge is 0.261 e. The van der Waals surface area contributed by atoms with Crippen LogP contribution in [0.4, 0.5) is 5.82 Å². The first kappa shape index (κ1) is 13.9. The molecular formula is C18H14N4S. The fraction of sp³-hybridized carbons (Fsp3) is 0.167. The number of benzene rings is 1. The number of H-pyrrole nitrogens is 1. The lowest BCUT2D eigenvalue weighted by Crippen LogP contribution is -2.25. The topological polar surface area (TPSA) is 64.8 Å². The van der Waals surface area contributed by atoms with Crippen molar-refractivity contribution in [3.8, 4) is 6.07 Å². The molecule has 3 aromatic rings. The lowest BCUT2D eigenvalue weighted by atomic mass is 9.76. The second-order valence-electron chi connectivity index (χ2n) is 5.59. The highest BCUT2D eigenvalue weighted by atomic mass is 32.1. The predicted molar refractivity (Wildman–Crippen MR) is 91.2 cm³/mol. The van der Waals surface area contributed by atoms with Crippen molar-refractivity contribution in [2.45, 2.75) is 12.8 Å². The number of aromatic nitrogens is 2. The average molecular weight is 318 g/mol. The fourth-order valence-corrected chi connectivity index (χ4v) is 3.94. The summed E-state index contributed by atoms with van der Waals surface area (Å²) >= 11 is 1.61. The molecule has 4 rings (SSSR count). The zero-order valence-electron chi connectivity index (χ0n) is 12.5. The maximum absolute atomic E-state index is 9.89. The van der Waals surface area contributed by atoms with Crippen LogP contribution in [0.3, 0.4) is 0 Å². The normalized spacial score (nSPS) is 19.7. The van der Waals surface area contributed by atoms with Gasteiger partial charge in [-0.3, -0.25) is 5.10 Å². The number of thiophene rings is 1. The molecule has 23 heavy (non-hydrogen) atoms. The molecule has 1 N–H and O–H groups in total. The Kier molecular flexibility index (Phi) is 3.32. The van der Waals surface area contributed by atoms with E-state index in [1.165, 1.54) is 5.56 Å². The van der Waals surface area contributed by atoms with E-state index >= 15 is 0 Å². The second kappa shape index (κ2) is 5.49. The van der Waals surface area contributed by atoms with Crippen molar-refractivity contribution >= 4 is 22.9 Å². The molecule has 2 unspecified atom stereocenters. The van der Waals surface area contributed by atoms with Gasteiger partial charge in [-0.25, -0.2) is 4.99 Å². The number of nitriles is 1. The van der Waals surface area contributed by atoms with Gasteiger partial charge < -0.3 is 0 Å². The Morgan fingerprint density at radius 3 is 2.78 bits per heavy atom. The minimum absolute atomic E-state index is 0.0513. The van der Waals surface area contributed by atoms with Gasteiger partial charge in [0.2, 0.25) is 0 Å². The molecule has 0 saturated carbocycles. The molecule has 1 aliphatic heterocycles. The monoisotopic (exact) mass is 318 g/mol. The number of hydrogen-bond acceptors (Lipinski definition) is 4. The fourth-order valence-electron chi connectivity index (χ4n) is 3.18. The minimum Gasteiger partial charge on any atom is -0.261 e. The lowest BCUT2D eigenvalue weighted by molar-refractivity contribution is 0.716. The first-order valence-electron chi connectivity index (χ1n) is 7.40. The van der Waals surface area contributed by atoms with Gasteiger partial charge in [0, 0.05) is 16.4 Å². The third-order valence-electron chi connectivity index (χ3n) is 4.28. The zero-order valence-corrected chi connectivity index (χ0v) is 13.3. The highest BCUT2D eigenvalue weighted by Crippen LogP contribution is 2.43. The van der Waals surface area contributed by atoms with Crippen molar-refractivity contribution in [3.63, 3.8) is 0 Å². The summed E-state index contributed by atoms with van der Waals surface area (Å²) in [6.45, 7) is 2.08. The van der Waals surface area contributed by atoms with Crippen LogP contribution in [0.5, 0.6) is 0 Å². The van der Waals surface area contributed by atoms with Crippen molar-refractivity contribution < 1.29 is 0 Å². The summed E-state index contributed by atoms with van der Waals surface area (Å²) in [4.78, 5) is 5.73. The Balaban J connectivity index is 1.94. The number of aryl methyl sites for hydroxylation is 1. The lowest BCUT2D eigenvalue weighted by Gasteiger charge is -2.28. The Labute approximate surface area is 138 Å². The maximum atomic E-state index is 9.89. The molecule has 0 spiro atoms. The summed E-state index contributed by atoms with van der Waals surface area (Å²) in [6.07, 6.45) is 1.80. The van der Waals surface area contributed by atoms with E-state index in [1.807, 2.05) is 29.6 Å². The maximum Gasteiger partial charge on any atom is 0.152 e. The quantitative estimate of drug-likeness (QED) is 0.770. The van der Waals surface area contributed by atoms with E-state index in [9.17, 15) is 5.26 Å². The summed E-state index contributed by atoms with van der Waals surface area (Å²) in [5, 5.41) is 19.0. The Morgan fingerprint density at radius 1 is 1.17 bits per heavy atom. The molecule has 0 radical (unpaired) electrons. The number of nitrogens with one attached hydrogen (secondary N) is 1. The van der Waals surface area contributed by atoms with Crippen LogP contribution in [0, 0.1) is 24.2 Å². The average Bonchev–Trinajstić information content (AvgIpc) is 3.25. The van der Waals surface area contributed by atoms with Crippen LogP contribution in [0.2, 0.25) is 0 Å². The minimum atomic E-state index is -0.320. The molecule has 2 aromatic heterocycles. The number of aliphatic imine (C=N–C) groups is 1. The first-order chi connectivity index (χ1) is 11.3. The summed E-state index contributed by atoms with van der Waals surface area (Å²) in [5.74, 6) is 0.387. The number of nitrogens with zero attached hydrogens (tertiary/aromatic N) is 3. The molecule has 0 aliphatic carbocycles. The van der Waals surface area contributed by atoms with Crippen LogP contribution in [0.15, 0.2) is 53.0 Å². The van der Waals surface area contributed by atoms with Crippen LogP contribution in [0.1, 0.15) is 27.5 Å². The number of rotatable bonds is 2. The SMILES string of the molecule is Cc1ccccc1C1c2cn[nH]c2N=C(c2cccs2)C1C#N. The molecule has 4 nitrogen and oxygen atoms in total. The van der Waals surface area contributed by atoms with Crippen molar-refractivity contribution in [3.05, 3.63) is 69.5 Å². The molecule has 3 heterocycles. The van der Waals surface area contributed by atoms with Gasteiger partial charge >= 0.3 is 0 Å². The van der Waals surface area contributed by atoms with Crippen LogP contribution in [-0.4, -0.2) is 15.9 Å². The van der Waals surface area contributed by atoms with Crippen LogP contribution >= 0.6 is 11.3 Å². The van der Waals surface area contributed by atoms with Gasteiger partial charge in [0.25, 0.3) is 0 Å². The Hall–Kier alpha value is -2.71. The zero-order chi connectivity index (χ0) is 15.8. The van der Waals surface area contributed by atoms with Gasteiger partial charge in [-0.1, -0.05) is 30.3 Å². The summed E-state index contributed by atoms with van der Waals surface area (Å²) in [5.41, 5.74) is 4.15. The van der Waals surface area contributed by atoms with Crippen LogP contribution < -0.4 is 0 Å². The third kappa shape index (κ3) is 2.19. The summed E-state index contributed by atoms with van der Waals surface area (Å²) in [7, 11) is 0. The molecular weight excluding hydrogens is 304 g/mol. The van der Waals surface area contributed by atoms with E-state index in [1.54, 1.807) is 17.5 Å². The molecule has 0 fully saturated rings. The van der Waals surface area contributed by atoms with Crippen molar-refractivity contribution in [2.24, 2.45) is 10.9 Å². The summed E-state index contributed by atoms with van der Waals surface area (Å²) in [6, 6.07) is 14.7. The third-order valence-corrected chi connectivity index (χ3v) is 5.17.